The third-order valence-electron chi connectivity index (χ3n) is 6.12. The first-order valence-electron chi connectivity index (χ1n) is 11.3. The van der Waals surface area contributed by atoms with Gasteiger partial charge in [-0.25, -0.2) is 4.68 Å². The van der Waals surface area contributed by atoms with Gasteiger partial charge in [0.1, 0.15) is 0 Å². The van der Waals surface area contributed by atoms with Crippen LogP contribution < -0.4 is 5.32 Å². The lowest BCUT2D eigenvalue weighted by Crippen LogP contribution is -2.48. The molecule has 2 amide bonds. The first kappa shape index (κ1) is 22.2. The van der Waals surface area contributed by atoms with Crippen molar-refractivity contribution in [3.63, 3.8) is 0 Å². The molecule has 1 N–H and O–H groups in total. The number of benzene rings is 1. The number of pyridine rings is 1. The lowest BCUT2D eigenvalue weighted by Gasteiger charge is -2.23. The first-order chi connectivity index (χ1) is 16.3. The maximum atomic E-state index is 13.3. The number of nitrogens with zero attached hydrogens (tertiary/aromatic N) is 4. The number of aromatic nitrogens is 3. The summed E-state index contributed by atoms with van der Waals surface area (Å²) in [5.74, 6) is -1.72. The topological polar surface area (TPSA) is 98.6 Å². The molecule has 0 saturated carbocycles. The van der Waals surface area contributed by atoms with E-state index in [1.165, 1.54) is 0 Å². The standard InChI is InChI=1S/C25H27N5O4/c1-16(17-7-9-19(10-8-17)30-13-5-12-27-30)28-23(31)21-22(34-25(2,3)33-21)24(32)29-14-18-6-4-11-26-20(18)15-29/h4-13,16,21-22H,14-15H2,1-3H3,(H,28,31)/t16-,21-,22-/m1/s1. The van der Waals surface area contributed by atoms with Gasteiger partial charge in [0.2, 0.25) is 0 Å². The van der Waals surface area contributed by atoms with Gasteiger partial charge in [0.25, 0.3) is 11.8 Å². The molecule has 3 atom stereocenters. The van der Waals surface area contributed by atoms with E-state index in [4.69, 9.17) is 9.47 Å². The first-order valence-corrected chi connectivity index (χ1v) is 11.3. The van der Waals surface area contributed by atoms with Crippen molar-refractivity contribution in [1.29, 1.82) is 0 Å². The van der Waals surface area contributed by atoms with Crippen molar-refractivity contribution in [3.8, 4) is 5.69 Å². The highest BCUT2D eigenvalue weighted by atomic mass is 16.8. The Bertz CT molecular complexity index is 1170. The molecule has 34 heavy (non-hydrogen) atoms. The van der Waals surface area contributed by atoms with Crippen LogP contribution in [0.25, 0.3) is 5.69 Å². The molecule has 0 radical (unpaired) electrons. The summed E-state index contributed by atoms with van der Waals surface area (Å²) in [4.78, 5) is 32.5. The van der Waals surface area contributed by atoms with Crippen molar-refractivity contribution in [2.45, 2.75) is 57.9 Å². The summed E-state index contributed by atoms with van der Waals surface area (Å²) in [6.45, 7) is 6.14. The lowest BCUT2D eigenvalue weighted by atomic mass is 10.1. The number of amides is 2. The van der Waals surface area contributed by atoms with Crippen LogP contribution in [0.3, 0.4) is 0 Å². The highest BCUT2D eigenvalue weighted by Gasteiger charge is 2.50. The number of hydrogen-bond donors (Lipinski definition) is 1. The molecule has 2 aliphatic rings. The van der Waals surface area contributed by atoms with Crippen LogP contribution in [0.5, 0.6) is 0 Å². The van der Waals surface area contributed by atoms with Gasteiger partial charge in [-0.3, -0.25) is 14.6 Å². The zero-order valence-corrected chi connectivity index (χ0v) is 19.3. The largest absolute Gasteiger partial charge is 0.347 e. The van der Waals surface area contributed by atoms with Crippen molar-refractivity contribution >= 4 is 11.8 Å². The van der Waals surface area contributed by atoms with Crippen LogP contribution in [0.15, 0.2) is 61.1 Å². The number of ether oxygens (including phenoxy) is 2. The van der Waals surface area contributed by atoms with E-state index < -0.39 is 18.0 Å². The predicted molar refractivity (Wildman–Crippen MR) is 122 cm³/mol. The highest BCUT2D eigenvalue weighted by Crippen LogP contribution is 2.32. The summed E-state index contributed by atoms with van der Waals surface area (Å²) in [5.41, 5.74) is 3.71. The average molecular weight is 462 g/mol. The van der Waals surface area contributed by atoms with Crippen LogP contribution >= 0.6 is 0 Å². The number of rotatable bonds is 5. The molecule has 5 rings (SSSR count). The van der Waals surface area contributed by atoms with E-state index in [0.29, 0.717) is 13.1 Å². The Kier molecular flexibility index (Phi) is 5.66. The zero-order valence-electron chi connectivity index (χ0n) is 19.3. The SMILES string of the molecule is C[C@@H](NC(=O)[C@@H]1OC(C)(C)O[C@H]1C(=O)N1Cc2cccnc2C1)c1ccc(-n2cccn2)cc1. The number of fused-ring (bicyclic) bond motifs is 1. The molecule has 1 fully saturated rings. The molecule has 0 aliphatic carbocycles. The maximum absolute atomic E-state index is 13.3. The van der Waals surface area contributed by atoms with Gasteiger partial charge >= 0.3 is 0 Å². The Hall–Kier alpha value is -3.56. The minimum Gasteiger partial charge on any atom is -0.347 e. The molecular weight excluding hydrogens is 434 g/mol. The van der Waals surface area contributed by atoms with Crippen molar-refractivity contribution in [1.82, 2.24) is 25.0 Å². The van der Waals surface area contributed by atoms with E-state index in [1.54, 1.807) is 35.8 Å². The summed E-state index contributed by atoms with van der Waals surface area (Å²) in [6, 6.07) is 13.1. The predicted octanol–water partition coefficient (Wildman–Crippen LogP) is 2.51. The van der Waals surface area contributed by atoms with Crippen LogP contribution in [0.2, 0.25) is 0 Å². The summed E-state index contributed by atoms with van der Waals surface area (Å²) in [5, 5.41) is 7.20. The maximum Gasteiger partial charge on any atom is 0.255 e. The smallest absolute Gasteiger partial charge is 0.255 e. The number of carbonyl (C=O) groups excluding carboxylic acids is 2. The van der Waals surface area contributed by atoms with Crippen molar-refractivity contribution in [2.75, 3.05) is 0 Å². The number of carbonyl (C=O) groups is 2. The fourth-order valence-corrected chi connectivity index (χ4v) is 4.39. The van der Waals surface area contributed by atoms with Crippen LogP contribution in [0, 0.1) is 0 Å². The highest BCUT2D eigenvalue weighted by molar-refractivity contribution is 5.92. The summed E-state index contributed by atoms with van der Waals surface area (Å²) < 4.78 is 13.5. The second-order valence-electron chi connectivity index (χ2n) is 9.05. The second kappa shape index (κ2) is 8.66. The molecule has 9 heteroatoms. The molecular formula is C25H27N5O4. The van der Waals surface area contributed by atoms with Gasteiger partial charge in [-0.15, -0.1) is 0 Å². The molecule has 2 aromatic heterocycles. The molecule has 3 aromatic rings. The molecule has 2 aliphatic heterocycles. The third kappa shape index (κ3) is 4.32. The van der Waals surface area contributed by atoms with Gasteiger partial charge in [-0.05, 0) is 56.2 Å². The van der Waals surface area contributed by atoms with Crippen molar-refractivity contribution in [3.05, 3.63) is 77.9 Å². The Balaban J connectivity index is 1.27. The van der Waals surface area contributed by atoms with Crippen LogP contribution in [-0.2, 0) is 32.2 Å². The molecule has 1 saturated heterocycles. The fraction of sp³-hybridized carbons (Fsp3) is 0.360. The van der Waals surface area contributed by atoms with E-state index in [-0.39, 0.29) is 17.9 Å². The number of hydrogen-bond acceptors (Lipinski definition) is 6. The average Bonchev–Trinajstić information content (AvgIpc) is 3.57. The van der Waals surface area contributed by atoms with Gasteiger partial charge in [-0.1, -0.05) is 18.2 Å². The third-order valence-corrected chi connectivity index (χ3v) is 6.12. The Labute approximate surface area is 197 Å². The molecule has 176 valence electrons. The zero-order chi connectivity index (χ0) is 23.9. The van der Waals surface area contributed by atoms with Crippen LogP contribution in [0.1, 0.15) is 43.6 Å². The second-order valence-corrected chi connectivity index (χ2v) is 9.05. The van der Waals surface area contributed by atoms with Crippen molar-refractivity contribution < 1.29 is 19.1 Å². The molecule has 1 aromatic carbocycles. The van der Waals surface area contributed by atoms with Gasteiger partial charge in [0, 0.05) is 25.1 Å². The van der Waals surface area contributed by atoms with E-state index >= 15 is 0 Å². The quantitative estimate of drug-likeness (QED) is 0.627. The molecule has 4 heterocycles. The van der Waals surface area contributed by atoms with Gasteiger partial charge in [0.05, 0.1) is 24.0 Å². The number of nitrogens with one attached hydrogen (secondary N) is 1. The molecule has 0 spiro atoms. The van der Waals surface area contributed by atoms with Gasteiger partial charge < -0.3 is 19.7 Å². The fourth-order valence-electron chi connectivity index (χ4n) is 4.39. The van der Waals surface area contributed by atoms with E-state index in [0.717, 1.165) is 22.5 Å². The van der Waals surface area contributed by atoms with E-state index in [1.807, 2.05) is 55.6 Å². The molecule has 9 nitrogen and oxygen atoms in total. The monoisotopic (exact) mass is 461 g/mol. The summed E-state index contributed by atoms with van der Waals surface area (Å²) in [6.07, 6.45) is 3.22. The Morgan fingerprint density at radius 2 is 1.82 bits per heavy atom. The molecule has 0 bridgehead atoms. The minimum atomic E-state index is -1.05. The minimum absolute atomic E-state index is 0.278. The van der Waals surface area contributed by atoms with E-state index in [2.05, 4.69) is 15.4 Å². The van der Waals surface area contributed by atoms with Crippen LogP contribution in [0.4, 0.5) is 0 Å². The lowest BCUT2D eigenvalue weighted by molar-refractivity contribution is -0.163. The summed E-state index contributed by atoms with van der Waals surface area (Å²) in [7, 11) is 0. The summed E-state index contributed by atoms with van der Waals surface area (Å²) >= 11 is 0. The molecule has 0 unspecified atom stereocenters. The Morgan fingerprint density at radius 1 is 1.06 bits per heavy atom. The van der Waals surface area contributed by atoms with Gasteiger partial charge in [0.15, 0.2) is 18.0 Å². The van der Waals surface area contributed by atoms with Crippen LogP contribution in [-0.4, -0.2) is 49.5 Å². The normalized spacial score (nSPS) is 21.8. The Morgan fingerprint density at radius 3 is 2.53 bits per heavy atom. The van der Waals surface area contributed by atoms with E-state index in [9.17, 15) is 9.59 Å². The van der Waals surface area contributed by atoms with Crippen molar-refractivity contribution in [2.24, 2.45) is 0 Å². The van der Waals surface area contributed by atoms with Gasteiger partial charge in [-0.2, -0.15) is 5.10 Å².